The van der Waals surface area contributed by atoms with Crippen molar-refractivity contribution in [3.8, 4) is 0 Å². The molecule has 1 unspecified atom stereocenters. The van der Waals surface area contributed by atoms with Crippen LogP contribution in [0.25, 0.3) is 10.9 Å². The molecule has 2 aromatic carbocycles. The Balaban J connectivity index is 1.32. The third-order valence-corrected chi connectivity index (χ3v) is 6.87. The maximum Gasteiger partial charge on any atom is 0.416 e. The second-order valence-corrected chi connectivity index (χ2v) is 8.91. The molecule has 0 radical (unpaired) electrons. The number of aryl methyl sites for hydroxylation is 1. The van der Waals surface area contributed by atoms with Crippen LogP contribution in [0.2, 0.25) is 0 Å². The number of hydrogen-bond acceptors (Lipinski definition) is 2. The van der Waals surface area contributed by atoms with Gasteiger partial charge in [0, 0.05) is 42.2 Å². The zero-order chi connectivity index (χ0) is 22.9. The summed E-state index contributed by atoms with van der Waals surface area (Å²) in [5.41, 5.74) is 1.96. The summed E-state index contributed by atoms with van der Waals surface area (Å²) in [6.45, 7) is 3.65. The number of Topliss-reactive ketones (excluding diaryl/α,β-unsaturated/α-hetero) is 1. The Morgan fingerprint density at radius 3 is 2.53 bits per heavy atom. The van der Waals surface area contributed by atoms with Gasteiger partial charge in [-0.2, -0.15) is 13.2 Å². The fourth-order valence-corrected chi connectivity index (χ4v) is 4.85. The van der Waals surface area contributed by atoms with Crippen molar-refractivity contribution in [3.05, 3.63) is 71.4 Å². The minimum absolute atomic E-state index is 0.0597. The minimum Gasteiger partial charge on any atom is -0.350 e. The van der Waals surface area contributed by atoms with Crippen molar-refractivity contribution in [1.82, 2.24) is 9.47 Å². The smallest absolute Gasteiger partial charge is 0.350 e. The molecule has 1 aromatic heterocycles. The first kappa shape index (κ1) is 22.6. The van der Waals surface area contributed by atoms with Gasteiger partial charge in [-0.15, -0.1) is 0 Å². The van der Waals surface area contributed by atoms with Crippen molar-refractivity contribution >= 4 is 16.7 Å². The van der Waals surface area contributed by atoms with E-state index in [1.54, 1.807) is 6.07 Å². The molecular formula is C26H29F3N2O. The van der Waals surface area contributed by atoms with E-state index >= 15 is 0 Å². The number of fused-ring (bicyclic) bond motifs is 1. The van der Waals surface area contributed by atoms with Gasteiger partial charge in [-0.05, 0) is 69.0 Å². The van der Waals surface area contributed by atoms with Crippen LogP contribution in [-0.4, -0.2) is 28.3 Å². The number of piperidine rings is 1. The van der Waals surface area contributed by atoms with Gasteiger partial charge in [0.15, 0.2) is 5.78 Å². The number of likely N-dealkylation sites (tertiary alicyclic amines) is 1. The van der Waals surface area contributed by atoms with Crippen molar-refractivity contribution in [2.24, 2.45) is 13.0 Å². The summed E-state index contributed by atoms with van der Waals surface area (Å²) < 4.78 is 41.1. The number of rotatable bonds is 6. The highest BCUT2D eigenvalue weighted by atomic mass is 19.4. The fourth-order valence-electron chi connectivity index (χ4n) is 4.85. The molecule has 1 aliphatic heterocycles. The summed E-state index contributed by atoms with van der Waals surface area (Å²) in [6.07, 6.45) is 0.916. The molecule has 3 nitrogen and oxygen atoms in total. The molecule has 1 fully saturated rings. The molecule has 0 amide bonds. The molecular weight excluding hydrogens is 413 g/mol. The maximum absolute atomic E-state index is 13.0. The molecule has 32 heavy (non-hydrogen) atoms. The van der Waals surface area contributed by atoms with Crippen LogP contribution in [-0.2, 0) is 13.2 Å². The van der Waals surface area contributed by atoms with Crippen LogP contribution >= 0.6 is 0 Å². The zero-order valence-electron chi connectivity index (χ0n) is 18.5. The monoisotopic (exact) mass is 442 g/mol. The van der Waals surface area contributed by atoms with Gasteiger partial charge >= 0.3 is 6.18 Å². The van der Waals surface area contributed by atoms with Crippen LogP contribution in [0.3, 0.4) is 0 Å². The highest BCUT2D eigenvalue weighted by Crippen LogP contribution is 2.34. The number of ketones is 1. The van der Waals surface area contributed by atoms with E-state index in [4.69, 9.17) is 0 Å². The van der Waals surface area contributed by atoms with Gasteiger partial charge in [-0.25, -0.2) is 0 Å². The SMILES string of the molecule is CC(c1cccc(C(F)(F)F)c1)N1CCC(CCC(=O)c2cn(C)c3ccccc23)CC1. The molecule has 0 aliphatic carbocycles. The zero-order valence-corrected chi connectivity index (χ0v) is 18.5. The van der Waals surface area contributed by atoms with Crippen molar-refractivity contribution in [2.45, 2.75) is 44.8 Å². The molecule has 0 saturated carbocycles. The quantitative estimate of drug-likeness (QED) is 0.400. The number of carbonyl (C=O) groups is 1. The van der Waals surface area contributed by atoms with Crippen LogP contribution in [0, 0.1) is 5.92 Å². The molecule has 0 N–H and O–H groups in total. The van der Waals surface area contributed by atoms with E-state index in [-0.39, 0.29) is 11.8 Å². The van der Waals surface area contributed by atoms with Gasteiger partial charge in [0.05, 0.1) is 5.56 Å². The van der Waals surface area contributed by atoms with E-state index in [1.807, 2.05) is 49.0 Å². The summed E-state index contributed by atoms with van der Waals surface area (Å²) in [5, 5.41) is 1.00. The Labute approximate surface area is 186 Å². The molecule has 1 aliphatic rings. The van der Waals surface area contributed by atoms with Crippen LogP contribution < -0.4 is 0 Å². The van der Waals surface area contributed by atoms with E-state index in [1.165, 1.54) is 12.1 Å². The highest BCUT2D eigenvalue weighted by Gasteiger charge is 2.31. The Morgan fingerprint density at radius 1 is 1.09 bits per heavy atom. The summed E-state index contributed by atoms with van der Waals surface area (Å²) >= 11 is 0. The maximum atomic E-state index is 13.0. The van der Waals surface area contributed by atoms with Gasteiger partial charge in [0.1, 0.15) is 0 Å². The Morgan fingerprint density at radius 2 is 1.81 bits per heavy atom. The number of alkyl halides is 3. The molecule has 1 saturated heterocycles. The molecule has 170 valence electrons. The molecule has 0 bridgehead atoms. The highest BCUT2D eigenvalue weighted by molar-refractivity contribution is 6.08. The molecule has 3 aromatic rings. The topological polar surface area (TPSA) is 25.2 Å². The third-order valence-electron chi connectivity index (χ3n) is 6.87. The fraction of sp³-hybridized carbons (Fsp3) is 0.423. The number of para-hydroxylation sites is 1. The second kappa shape index (κ2) is 9.10. The van der Waals surface area contributed by atoms with Crippen LogP contribution in [0.15, 0.2) is 54.7 Å². The van der Waals surface area contributed by atoms with Crippen molar-refractivity contribution in [2.75, 3.05) is 13.1 Å². The lowest BCUT2D eigenvalue weighted by Crippen LogP contribution is -2.35. The Bertz CT molecular complexity index is 1090. The average molecular weight is 443 g/mol. The van der Waals surface area contributed by atoms with E-state index in [0.29, 0.717) is 17.9 Å². The van der Waals surface area contributed by atoms with Crippen molar-refractivity contribution in [1.29, 1.82) is 0 Å². The Kier molecular flexibility index (Phi) is 6.42. The number of nitrogens with zero attached hydrogens (tertiary/aromatic N) is 2. The number of hydrogen-bond donors (Lipinski definition) is 0. The Hall–Kier alpha value is -2.60. The second-order valence-electron chi connectivity index (χ2n) is 8.91. The summed E-state index contributed by atoms with van der Waals surface area (Å²) in [6, 6.07) is 13.5. The lowest BCUT2D eigenvalue weighted by Gasteiger charge is -2.36. The van der Waals surface area contributed by atoms with Crippen LogP contribution in [0.4, 0.5) is 13.2 Å². The first-order valence-electron chi connectivity index (χ1n) is 11.2. The largest absolute Gasteiger partial charge is 0.416 e. The lowest BCUT2D eigenvalue weighted by molar-refractivity contribution is -0.137. The molecule has 0 spiro atoms. The summed E-state index contributed by atoms with van der Waals surface area (Å²) in [5.74, 6) is 0.653. The van der Waals surface area contributed by atoms with Gasteiger partial charge in [0.2, 0.25) is 0 Å². The number of halogens is 3. The van der Waals surface area contributed by atoms with Gasteiger partial charge in [-0.3, -0.25) is 9.69 Å². The first-order chi connectivity index (χ1) is 15.2. The standard InChI is InChI=1S/C26H29F3N2O/c1-18(20-6-5-7-21(16-20)26(27,28)29)31-14-12-19(13-15-31)10-11-25(32)23-17-30(2)24-9-4-3-8-22(23)24/h3-9,16-19H,10-15H2,1-2H3. The molecule has 2 heterocycles. The van der Waals surface area contributed by atoms with Crippen molar-refractivity contribution < 1.29 is 18.0 Å². The number of aromatic nitrogens is 1. The minimum atomic E-state index is -4.32. The van der Waals surface area contributed by atoms with E-state index in [2.05, 4.69) is 4.90 Å². The van der Waals surface area contributed by atoms with E-state index < -0.39 is 11.7 Å². The predicted molar refractivity (Wildman–Crippen MR) is 121 cm³/mol. The average Bonchev–Trinajstić information content (AvgIpc) is 3.14. The van der Waals surface area contributed by atoms with Crippen molar-refractivity contribution in [3.63, 3.8) is 0 Å². The van der Waals surface area contributed by atoms with E-state index in [0.717, 1.165) is 54.9 Å². The lowest BCUT2D eigenvalue weighted by atomic mass is 9.89. The normalized spacial score (nSPS) is 17.0. The summed E-state index contributed by atoms with van der Waals surface area (Å²) in [7, 11) is 1.96. The predicted octanol–water partition coefficient (Wildman–Crippen LogP) is 6.63. The van der Waals surface area contributed by atoms with Crippen LogP contribution in [0.1, 0.15) is 60.1 Å². The van der Waals surface area contributed by atoms with Gasteiger partial charge < -0.3 is 4.57 Å². The first-order valence-corrected chi connectivity index (χ1v) is 11.2. The van der Waals surface area contributed by atoms with Gasteiger partial charge in [0.25, 0.3) is 0 Å². The third kappa shape index (κ3) is 4.75. The number of benzene rings is 2. The summed E-state index contributed by atoms with van der Waals surface area (Å²) in [4.78, 5) is 15.1. The molecule has 1 atom stereocenters. The molecule has 4 rings (SSSR count). The van der Waals surface area contributed by atoms with E-state index in [9.17, 15) is 18.0 Å². The van der Waals surface area contributed by atoms with Gasteiger partial charge in [-0.1, -0.05) is 30.3 Å². The number of carbonyl (C=O) groups excluding carboxylic acids is 1. The van der Waals surface area contributed by atoms with Crippen LogP contribution in [0.5, 0.6) is 0 Å². The molecule has 6 heteroatoms.